The molecule has 2 unspecified atom stereocenters. The number of halogens is 2. The topological polar surface area (TPSA) is 65.7 Å². The lowest BCUT2D eigenvalue weighted by Crippen LogP contribution is -2.26. The van der Waals surface area contributed by atoms with Gasteiger partial charge in [-0.25, -0.2) is 14.0 Å². The molecule has 0 bridgehead atoms. The van der Waals surface area contributed by atoms with Gasteiger partial charge in [-0.1, -0.05) is 68.3 Å². The van der Waals surface area contributed by atoms with E-state index in [4.69, 9.17) is 9.47 Å². The number of benzene rings is 3. The van der Waals surface area contributed by atoms with Crippen LogP contribution in [0.1, 0.15) is 83.7 Å². The largest absolute Gasteiger partial charge is 0.461 e. The molecular weight excluding hydrogens is 593 g/mol. The summed E-state index contributed by atoms with van der Waals surface area (Å²) in [6.45, 7) is 7.91. The Morgan fingerprint density at radius 3 is 2.33 bits per heavy atom. The lowest BCUT2D eigenvalue weighted by atomic mass is 10.0. The second-order valence-corrected chi connectivity index (χ2v) is 12.0. The van der Waals surface area contributed by atoms with Crippen molar-refractivity contribution in [3.63, 3.8) is 0 Å². The summed E-state index contributed by atoms with van der Waals surface area (Å²) < 4.78 is 29.8. The van der Waals surface area contributed by atoms with E-state index in [1.54, 1.807) is 4.57 Å². The Balaban J connectivity index is 0.00000552. The minimum atomic E-state index is -1.34. The van der Waals surface area contributed by atoms with Crippen molar-refractivity contribution in [3.05, 3.63) is 82.8 Å². The predicted molar refractivity (Wildman–Crippen MR) is 183 cm³/mol. The van der Waals surface area contributed by atoms with Crippen molar-refractivity contribution in [1.29, 1.82) is 0 Å². The van der Waals surface area contributed by atoms with E-state index in [2.05, 4.69) is 49.2 Å². The number of hydrogen-bond acceptors (Lipinski definition) is 5. The molecule has 4 rings (SSSR count). The van der Waals surface area contributed by atoms with Gasteiger partial charge in [0, 0.05) is 13.1 Å². The van der Waals surface area contributed by atoms with Crippen LogP contribution in [0, 0.1) is 0 Å². The predicted octanol–water partition coefficient (Wildman–Crippen LogP) is 8.24. The molecule has 2 atom stereocenters. The fourth-order valence-corrected chi connectivity index (χ4v) is 5.70. The molecular formula is C36H49ClFN3O4. The summed E-state index contributed by atoms with van der Waals surface area (Å²) in [6.07, 6.45) is 3.64. The number of rotatable bonds is 18. The average Bonchev–Trinajstić information content (AvgIpc) is 3.29. The van der Waals surface area contributed by atoms with Gasteiger partial charge in [0.15, 0.2) is 6.30 Å². The molecule has 45 heavy (non-hydrogen) atoms. The first-order valence-electron chi connectivity index (χ1n) is 16.1. The molecule has 9 heteroatoms. The third kappa shape index (κ3) is 10.1. The second kappa shape index (κ2) is 18.1. The van der Waals surface area contributed by atoms with Gasteiger partial charge in [-0.05, 0) is 94.1 Å². The van der Waals surface area contributed by atoms with Gasteiger partial charge in [-0.15, -0.1) is 12.4 Å². The molecule has 0 saturated heterocycles. The Hall–Kier alpha value is -3.20. The third-order valence-corrected chi connectivity index (χ3v) is 8.05. The first-order chi connectivity index (χ1) is 21.3. The molecule has 0 aliphatic heterocycles. The number of ether oxygens (including phenoxy) is 2. The minimum absolute atomic E-state index is 0. The average molecular weight is 642 g/mol. The van der Waals surface area contributed by atoms with Crippen LogP contribution in [-0.2, 0) is 20.8 Å². The molecule has 0 aliphatic carbocycles. The Labute approximate surface area is 272 Å². The van der Waals surface area contributed by atoms with E-state index in [1.165, 1.54) is 4.57 Å². The zero-order chi connectivity index (χ0) is 31.5. The number of aryl methyl sites for hydroxylation is 1. The Kier molecular flexibility index (Phi) is 14.6. The maximum Gasteiger partial charge on any atom is 0.332 e. The van der Waals surface area contributed by atoms with Crippen LogP contribution in [0.2, 0.25) is 0 Å². The first-order valence-corrected chi connectivity index (χ1v) is 16.1. The molecule has 0 saturated carbocycles. The number of para-hydroxylation sites is 2. The van der Waals surface area contributed by atoms with Gasteiger partial charge >= 0.3 is 11.7 Å². The van der Waals surface area contributed by atoms with Gasteiger partial charge in [-0.2, -0.15) is 0 Å². The Morgan fingerprint density at radius 1 is 0.889 bits per heavy atom. The highest BCUT2D eigenvalue weighted by molar-refractivity contribution is 5.85. The fourth-order valence-electron chi connectivity index (χ4n) is 5.70. The van der Waals surface area contributed by atoms with E-state index < -0.39 is 6.30 Å². The zero-order valence-electron chi connectivity index (χ0n) is 27.1. The fraction of sp³-hybridized carbons (Fsp3) is 0.500. The monoisotopic (exact) mass is 641 g/mol. The van der Waals surface area contributed by atoms with Crippen molar-refractivity contribution >= 4 is 40.2 Å². The molecule has 4 aromatic rings. The van der Waals surface area contributed by atoms with Crippen molar-refractivity contribution in [3.8, 4) is 0 Å². The van der Waals surface area contributed by atoms with E-state index in [0.29, 0.717) is 24.9 Å². The summed E-state index contributed by atoms with van der Waals surface area (Å²) in [6, 6.07) is 22.0. The number of nitrogens with zero attached hydrogens (tertiary/aromatic N) is 3. The van der Waals surface area contributed by atoms with Gasteiger partial charge in [0.05, 0.1) is 23.2 Å². The van der Waals surface area contributed by atoms with Crippen LogP contribution in [-0.4, -0.2) is 52.9 Å². The molecule has 0 N–H and O–H groups in total. The molecule has 3 aromatic carbocycles. The summed E-state index contributed by atoms with van der Waals surface area (Å²) in [5.74, 6) is -0.363. The zero-order valence-corrected chi connectivity index (χ0v) is 27.9. The summed E-state index contributed by atoms with van der Waals surface area (Å²) in [5.41, 5.74) is 2.25. The van der Waals surface area contributed by atoms with Crippen LogP contribution in [0.5, 0.6) is 0 Å². The van der Waals surface area contributed by atoms with Crippen LogP contribution in [0.3, 0.4) is 0 Å². The van der Waals surface area contributed by atoms with Crippen LogP contribution in [0.25, 0.3) is 21.8 Å². The van der Waals surface area contributed by atoms with Crippen molar-refractivity contribution in [2.24, 2.45) is 0 Å². The number of carbonyl (C=O) groups is 1. The minimum Gasteiger partial charge on any atom is -0.461 e. The molecule has 246 valence electrons. The van der Waals surface area contributed by atoms with Gasteiger partial charge in [-0.3, -0.25) is 9.13 Å². The lowest BCUT2D eigenvalue weighted by Gasteiger charge is -2.23. The summed E-state index contributed by atoms with van der Waals surface area (Å²) >= 11 is 0. The maximum atomic E-state index is 15.4. The number of esters is 1. The molecule has 0 fully saturated rings. The number of carbonyl (C=O) groups excluding carboxylic acids is 1. The van der Waals surface area contributed by atoms with E-state index >= 15 is 4.39 Å². The summed E-state index contributed by atoms with van der Waals surface area (Å²) in [5, 5.41) is 2.30. The smallest absolute Gasteiger partial charge is 0.332 e. The number of aromatic nitrogens is 2. The standard InChI is InChI=1S/C36H48FN3O4.ClH/c1-5-6-23-39-31-16-11-12-17-32(31)40(36(39)42)34(37)18-8-7-13-22-38(4)24-21-33(43-26-35(41)44-27(2)3)30-20-19-28-14-9-10-15-29(28)25-30;/h9-12,14-17,19-20,25,27,33-34H,5-8,13,18,21-24,26H2,1-4H3;1H. The van der Waals surface area contributed by atoms with Crippen molar-refractivity contribution < 1.29 is 18.7 Å². The van der Waals surface area contributed by atoms with E-state index in [1.807, 2.05) is 50.2 Å². The number of unbranched alkanes of at least 4 members (excludes halogenated alkanes) is 3. The van der Waals surface area contributed by atoms with E-state index in [0.717, 1.165) is 67.0 Å². The van der Waals surface area contributed by atoms with E-state index in [-0.39, 0.29) is 42.9 Å². The van der Waals surface area contributed by atoms with Crippen LogP contribution in [0.15, 0.2) is 71.5 Å². The van der Waals surface area contributed by atoms with Gasteiger partial charge in [0.1, 0.15) is 6.61 Å². The molecule has 0 spiro atoms. The van der Waals surface area contributed by atoms with E-state index in [9.17, 15) is 9.59 Å². The number of hydrogen-bond donors (Lipinski definition) is 0. The third-order valence-electron chi connectivity index (χ3n) is 8.05. The summed E-state index contributed by atoms with van der Waals surface area (Å²) in [7, 11) is 2.08. The molecule has 0 aliphatic rings. The van der Waals surface area contributed by atoms with Gasteiger partial charge in [0.25, 0.3) is 0 Å². The second-order valence-electron chi connectivity index (χ2n) is 12.0. The van der Waals surface area contributed by atoms with Gasteiger partial charge in [0.2, 0.25) is 0 Å². The maximum absolute atomic E-state index is 15.4. The highest BCUT2D eigenvalue weighted by Gasteiger charge is 2.20. The van der Waals surface area contributed by atoms with Crippen LogP contribution >= 0.6 is 12.4 Å². The quantitative estimate of drug-likeness (QED) is 0.0809. The number of imidazole rings is 1. The number of fused-ring (bicyclic) bond motifs is 2. The summed E-state index contributed by atoms with van der Waals surface area (Å²) in [4.78, 5) is 27.5. The van der Waals surface area contributed by atoms with Crippen LogP contribution < -0.4 is 5.69 Å². The molecule has 1 heterocycles. The Bertz CT molecular complexity index is 1550. The lowest BCUT2D eigenvalue weighted by molar-refractivity contribution is -0.155. The first kappa shape index (κ1) is 36.3. The Morgan fingerprint density at radius 2 is 1.60 bits per heavy atom. The molecule has 1 aromatic heterocycles. The molecule has 0 amide bonds. The van der Waals surface area contributed by atoms with Crippen molar-refractivity contribution in [2.75, 3.05) is 26.7 Å². The SMILES string of the molecule is CCCCn1c(=O)n(C(F)CCCCCN(C)CCC(OCC(=O)OC(C)C)c2ccc3ccccc3c2)c2ccccc21.Cl. The number of alkyl halides is 1. The normalized spacial score (nSPS) is 13.0. The molecule has 0 radical (unpaired) electrons. The molecule has 7 nitrogen and oxygen atoms in total. The van der Waals surface area contributed by atoms with Gasteiger partial charge < -0.3 is 14.4 Å². The highest BCUT2D eigenvalue weighted by Crippen LogP contribution is 2.26. The van der Waals surface area contributed by atoms with Crippen molar-refractivity contribution in [2.45, 2.75) is 90.8 Å². The van der Waals surface area contributed by atoms with Crippen LogP contribution in [0.4, 0.5) is 4.39 Å². The highest BCUT2D eigenvalue weighted by atomic mass is 35.5. The van der Waals surface area contributed by atoms with Crippen molar-refractivity contribution in [1.82, 2.24) is 14.0 Å².